The van der Waals surface area contributed by atoms with Crippen molar-refractivity contribution in [2.45, 2.75) is 31.6 Å². The highest BCUT2D eigenvalue weighted by Gasteiger charge is 2.21. The summed E-state index contributed by atoms with van der Waals surface area (Å²) in [6.07, 6.45) is 7.28. The van der Waals surface area contributed by atoms with Crippen molar-refractivity contribution in [3.05, 3.63) is 30.2 Å². The lowest BCUT2D eigenvalue weighted by Gasteiger charge is -2.05. The Kier molecular flexibility index (Phi) is 1.76. The summed E-state index contributed by atoms with van der Waals surface area (Å²) in [6.45, 7) is 0. The van der Waals surface area contributed by atoms with Gasteiger partial charge in [0.2, 0.25) is 0 Å². The summed E-state index contributed by atoms with van der Waals surface area (Å²) >= 11 is 0. The zero-order chi connectivity index (χ0) is 9.38. The Bertz CT molecular complexity index is 440. The normalized spacial score (nSPS) is 18.0. The molecule has 2 aromatic rings. The maximum Gasteiger partial charge on any atom is 0.160 e. The van der Waals surface area contributed by atoms with E-state index in [1.165, 1.54) is 25.7 Å². The molecule has 2 aromatic heterocycles. The molecule has 3 rings (SSSR count). The van der Waals surface area contributed by atoms with Crippen LogP contribution in [0, 0.1) is 0 Å². The highest BCUT2D eigenvalue weighted by atomic mass is 15.2. The Balaban J connectivity index is 2.11. The Morgan fingerprint density at radius 3 is 2.86 bits per heavy atom. The minimum Gasteiger partial charge on any atom is -0.286 e. The molecule has 0 saturated heterocycles. The first-order valence-electron chi connectivity index (χ1n) is 5.25. The van der Waals surface area contributed by atoms with Crippen molar-refractivity contribution in [3.8, 4) is 0 Å². The minimum atomic E-state index is 0.632. The fourth-order valence-corrected chi connectivity index (χ4v) is 2.32. The lowest BCUT2D eigenvalue weighted by atomic mass is 10.1. The van der Waals surface area contributed by atoms with E-state index in [0.717, 1.165) is 11.5 Å². The fraction of sp³-hybridized carbons (Fsp3) is 0.455. The summed E-state index contributed by atoms with van der Waals surface area (Å²) in [6, 6.07) is 6.04. The molecule has 72 valence electrons. The first kappa shape index (κ1) is 7.97. The van der Waals surface area contributed by atoms with Crippen molar-refractivity contribution in [2.24, 2.45) is 0 Å². The van der Waals surface area contributed by atoms with Crippen molar-refractivity contribution in [1.29, 1.82) is 0 Å². The van der Waals surface area contributed by atoms with Crippen molar-refractivity contribution in [3.63, 3.8) is 0 Å². The van der Waals surface area contributed by atoms with Crippen LogP contribution in [0.2, 0.25) is 0 Å². The number of aromatic nitrogens is 3. The largest absolute Gasteiger partial charge is 0.286 e. The number of pyridine rings is 1. The Morgan fingerprint density at radius 2 is 2.00 bits per heavy atom. The molecule has 1 aliphatic carbocycles. The van der Waals surface area contributed by atoms with E-state index < -0.39 is 0 Å². The summed E-state index contributed by atoms with van der Waals surface area (Å²) in [5.74, 6) is 1.78. The zero-order valence-electron chi connectivity index (χ0n) is 8.06. The highest BCUT2D eigenvalue weighted by Crippen LogP contribution is 2.32. The predicted octanol–water partition coefficient (Wildman–Crippen LogP) is 2.39. The maximum atomic E-state index is 4.29. The SMILES string of the molecule is c1ccn2c(C3CCCC3)nnc2c1. The standard InChI is InChI=1S/C11H13N3/c1-2-6-9(5-1)11-13-12-10-7-3-4-8-14(10)11/h3-4,7-9H,1-2,5-6H2. The van der Waals surface area contributed by atoms with Gasteiger partial charge in [0, 0.05) is 12.1 Å². The number of rotatable bonds is 1. The maximum absolute atomic E-state index is 4.29. The molecular formula is C11H13N3. The molecule has 0 bridgehead atoms. The van der Waals surface area contributed by atoms with Gasteiger partial charge in [0.15, 0.2) is 5.65 Å². The molecule has 0 radical (unpaired) electrons. The van der Waals surface area contributed by atoms with Crippen LogP contribution in [0.4, 0.5) is 0 Å². The molecule has 0 N–H and O–H groups in total. The third-order valence-electron chi connectivity index (χ3n) is 3.06. The van der Waals surface area contributed by atoms with Crippen LogP contribution in [0.5, 0.6) is 0 Å². The van der Waals surface area contributed by atoms with E-state index in [-0.39, 0.29) is 0 Å². The van der Waals surface area contributed by atoms with Crippen molar-refractivity contribution in [2.75, 3.05) is 0 Å². The quantitative estimate of drug-likeness (QED) is 0.686. The van der Waals surface area contributed by atoms with Gasteiger partial charge in [-0.1, -0.05) is 18.9 Å². The van der Waals surface area contributed by atoms with Crippen LogP contribution in [0.15, 0.2) is 24.4 Å². The van der Waals surface area contributed by atoms with Crippen molar-refractivity contribution in [1.82, 2.24) is 14.6 Å². The van der Waals surface area contributed by atoms with Crippen LogP contribution >= 0.6 is 0 Å². The molecule has 0 amide bonds. The van der Waals surface area contributed by atoms with Gasteiger partial charge in [-0.15, -0.1) is 10.2 Å². The average Bonchev–Trinajstić information content (AvgIpc) is 2.85. The van der Waals surface area contributed by atoms with E-state index in [0.29, 0.717) is 5.92 Å². The highest BCUT2D eigenvalue weighted by molar-refractivity contribution is 5.37. The summed E-state index contributed by atoms with van der Waals surface area (Å²) in [5, 5.41) is 8.47. The van der Waals surface area contributed by atoms with E-state index in [1.807, 2.05) is 18.2 Å². The molecule has 0 aliphatic heterocycles. The summed E-state index contributed by atoms with van der Waals surface area (Å²) in [7, 11) is 0. The van der Waals surface area contributed by atoms with Gasteiger partial charge in [0.05, 0.1) is 0 Å². The number of hydrogen-bond donors (Lipinski definition) is 0. The molecule has 0 aromatic carbocycles. The molecule has 2 heterocycles. The molecular weight excluding hydrogens is 174 g/mol. The third-order valence-corrected chi connectivity index (χ3v) is 3.06. The lowest BCUT2D eigenvalue weighted by Crippen LogP contribution is -1.99. The molecule has 3 nitrogen and oxygen atoms in total. The smallest absolute Gasteiger partial charge is 0.160 e. The molecule has 0 spiro atoms. The van der Waals surface area contributed by atoms with Gasteiger partial charge in [-0.2, -0.15) is 0 Å². The molecule has 1 saturated carbocycles. The first-order valence-corrected chi connectivity index (χ1v) is 5.25. The first-order chi connectivity index (χ1) is 6.95. The van der Waals surface area contributed by atoms with Gasteiger partial charge < -0.3 is 0 Å². The second-order valence-corrected chi connectivity index (χ2v) is 3.97. The van der Waals surface area contributed by atoms with Gasteiger partial charge in [-0.25, -0.2) is 0 Å². The Labute approximate surface area is 82.8 Å². The van der Waals surface area contributed by atoms with E-state index in [1.54, 1.807) is 0 Å². The monoisotopic (exact) mass is 187 g/mol. The molecule has 1 fully saturated rings. The van der Waals surface area contributed by atoms with E-state index >= 15 is 0 Å². The fourth-order valence-electron chi connectivity index (χ4n) is 2.32. The van der Waals surface area contributed by atoms with E-state index in [2.05, 4.69) is 20.8 Å². The summed E-state index contributed by atoms with van der Waals surface area (Å²) in [4.78, 5) is 0. The Morgan fingerprint density at radius 1 is 1.14 bits per heavy atom. The van der Waals surface area contributed by atoms with Gasteiger partial charge in [-0.05, 0) is 25.0 Å². The van der Waals surface area contributed by atoms with Crippen molar-refractivity contribution < 1.29 is 0 Å². The van der Waals surface area contributed by atoms with Crippen LogP contribution < -0.4 is 0 Å². The topological polar surface area (TPSA) is 30.2 Å². The molecule has 0 atom stereocenters. The summed E-state index contributed by atoms with van der Waals surface area (Å²) < 4.78 is 2.12. The predicted molar refractivity (Wildman–Crippen MR) is 54.2 cm³/mol. The second kappa shape index (κ2) is 3.08. The van der Waals surface area contributed by atoms with Crippen LogP contribution in [0.3, 0.4) is 0 Å². The molecule has 0 unspecified atom stereocenters. The van der Waals surface area contributed by atoms with Crippen LogP contribution in [-0.4, -0.2) is 14.6 Å². The number of hydrogen-bond acceptors (Lipinski definition) is 2. The van der Waals surface area contributed by atoms with E-state index in [9.17, 15) is 0 Å². The van der Waals surface area contributed by atoms with Crippen LogP contribution in [-0.2, 0) is 0 Å². The van der Waals surface area contributed by atoms with Crippen LogP contribution in [0.1, 0.15) is 37.4 Å². The minimum absolute atomic E-state index is 0.632. The van der Waals surface area contributed by atoms with Gasteiger partial charge in [0.1, 0.15) is 5.82 Å². The molecule has 14 heavy (non-hydrogen) atoms. The molecule has 1 aliphatic rings. The van der Waals surface area contributed by atoms with Gasteiger partial charge in [-0.3, -0.25) is 4.40 Å². The summed E-state index contributed by atoms with van der Waals surface area (Å²) in [5.41, 5.74) is 0.967. The van der Waals surface area contributed by atoms with Gasteiger partial charge >= 0.3 is 0 Å². The number of fused-ring (bicyclic) bond motifs is 1. The molecule has 3 heteroatoms. The Hall–Kier alpha value is -1.38. The lowest BCUT2D eigenvalue weighted by molar-refractivity contribution is 0.659. The second-order valence-electron chi connectivity index (χ2n) is 3.97. The zero-order valence-corrected chi connectivity index (χ0v) is 8.06. The van der Waals surface area contributed by atoms with Crippen LogP contribution in [0.25, 0.3) is 5.65 Å². The third kappa shape index (κ3) is 1.12. The van der Waals surface area contributed by atoms with Crippen molar-refractivity contribution >= 4 is 5.65 Å². The van der Waals surface area contributed by atoms with Gasteiger partial charge in [0.25, 0.3) is 0 Å². The van der Waals surface area contributed by atoms with E-state index in [4.69, 9.17) is 0 Å². The number of nitrogens with zero attached hydrogens (tertiary/aromatic N) is 3. The average molecular weight is 187 g/mol.